The third-order valence-corrected chi connectivity index (χ3v) is 6.69. The summed E-state index contributed by atoms with van der Waals surface area (Å²) in [6.07, 6.45) is 2.26. The molecule has 3 aromatic rings. The molecule has 170 valence electrons. The number of likely N-dealkylation sites (N-methyl/N-ethyl adjacent to an activating group) is 1. The third kappa shape index (κ3) is 5.02. The topological polar surface area (TPSA) is 34.5 Å². The lowest BCUT2D eigenvalue weighted by Gasteiger charge is -2.22. The van der Waals surface area contributed by atoms with Gasteiger partial charge in [-0.1, -0.05) is 41.4 Å². The van der Waals surface area contributed by atoms with Crippen molar-refractivity contribution in [3.8, 4) is 0 Å². The van der Waals surface area contributed by atoms with Crippen LogP contribution in [0.2, 0.25) is 5.02 Å². The summed E-state index contributed by atoms with van der Waals surface area (Å²) in [6, 6.07) is 14.8. The maximum Gasteiger partial charge on any atom is 0.306 e. The molecule has 32 heavy (non-hydrogen) atoms. The van der Waals surface area contributed by atoms with E-state index in [0.29, 0.717) is 6.42 Å². The van der Waals surface area contributed by atoms with E-state index >= 15 is 0 Å². The molecule has 0 saturated heterocycles. The lowest BCUT2D eigenvalue weighted by atomic mass is 9.94. The Morgan fingerprint density at radius 3 is 2.53 bits per heavy atom. The zero-order chi connectivity index (χ0) is 22.8. The van der Waals surface area contributed by atoms with Gasteiger partial charge in [-0.2, -0.15) is 0 Å². The average molecular weight is 453 g/mol. The van der Waals surface area contributed by atoms with E-state index in [1.807, 2.05) is 19.9 Å². The number of ether oxygens (including phenoxy) is 1. The van der Waals surface area contributed by atoms with Crippen LogP contribution in [0.4, 0.5) is 0 Å². The molecule has 1 aliphatic rings. The smallest absolute Gasteiger partial charge is 0.306 e. The molecule has 1 aliphatic heterocycles. The van der Waals surface area contributed by atoms with Gasteiger partial charge in [-0.05, 0) is 63.6 Å². The number of carbonyl (C=O) groups excluding carboxylic acids is 1. The van der Waals surface area contributed by atoms with Crippen LogP contribution in [0.1, 0.15) is 48.6 Å². The van der Waals surface area contributed by atoms with Crippen molar-refractivity contribution in [2.24, 2.45) is 0 Å². The molecule has 1 atom stereocenters. The van der Waals surface area contributed by atoms with Gasteiger partial charge in [0.1, 0.15) is 0 Å². The molecule has 0 fully saturated rings. The molecule has 0 aliphatic carbocycles. The highest BCUT2D eigenvalue weighted by molar-refractivity contribution is 6.31. The summed E-state index contributed by atoms with van der Waals surface area (Å²) >= 11 is 6.39. The molecule has 0 saturated carbocycles. The Bertz CT molecular complexity index is 1100. The van der Waals surface area contributed by atoms with Crippen LogP contribution in [0.25, 0.3) is 10.9 Å². The van der Waals surface area contributed by atoms with Gasteiger partial charge in [0.25, 0.3) is 0 Å². The Hall–Kier alpha value is -2.30. The van der Waals surface area contributed by atoms with Gasteiger partial charge in [0.2, 0.25) is 0 Å². The first kappa shape index (κ1) is 22.9. The molecule has 0 N–H and O–H groups in total. The molecule has 1 aromatic heterocycles. The fourth-order valence-corrected chi connectivity index (χ4v) is 4.96. The van der Waals surface area contributed by atoms with E-state index in [4.69, 9.17) is 16.3 Å². The van der Waals surface area contributed by atoms with Crippen LogP contribution < -0.4 is 0 Å². The molecular formula is C27H33ClN2O2. The van der Waals surface area contributed by atoms with Crippen LogP contribution >= 0.6 is 11.6 Å². The Kier molecular flexibility index (Phi) is 6.92. The first-order chi connectivity index (χ1) is 15.3. The summed E-state index contributed by atoms with van der Waals surface area (Å²) < 4.78 is 7.96. The Morgan fingerprint density at radius 2 is 1.81 bits per heavy atom. The minimum atomic E-state index is -0.143. The number of aromatic nitrogens is 1. The standard InChI is InChI=1S/C27H33ClN2O2/c1-18(2)32-27(31)15-21(20-7-5-19(3)6-8-20)17-30-25-10-9-22(28)16-24(25)23-11-13-29(4)14-12-26(23)30/h5-10,16,18,21H,11-15,17H2,1-4H3. The predicted molar refractivity (Wildman–Crippen MR) is 132 cm³/mol. The fraction of sp³-hybridized carbons (Fsp3) is 0.444. The largest absolute Gasteiger partial charge is 0.463 e. The molecule has 5 heteroatoms. The lowest BCUT2D eigenvalue weighted by Crippen LogP contribution is -2.22. The van der Waals surface area contributed by atoms with Gasteiger partial charge in [0.05, 0.1) is 12.5 Å². The SMILES string of the molecule is Cc1ccc(C(CC(=O)OC(C)C)Cn2c3c(c4cc(Cl)ccc42)CCN(C)CC3)cc1. The van der Waals surface area contributed by atoms with E-state index in [1.54, 1.807) is 0 Å². The molecule has 2 aromatic carbocycles. The summed E-state index contributed by atoms with van der Waals surface area (Å²) in [5.74, 6) is -0.103. The van der Waals surface area contributed by atoms with Gasteiger partial charge >= 0.3 is 5.97 Å². The number of fused-ring (bicyclic) bond motifs is 3. The van der Waals surface area contributed by atoms with Gasteiger partial charge < -0.3 is 14.2 Å². The van der Waals surface area contributed by atoms with Crippen molar-refractivity contribution in [3.05, 3.63) is 69.9 Å². The first-order valence-electron chi connectivity index (χ1n) is 11.6. The molecule has 4 nitrogen and oxygen atoms in total. The second-order valence-electron chi connectivity index (χ2n) is 9.35. The second-order valence-corrected chi connectivity index (χ2v) is 9.79. The predicted octanol–water partition coefficient (Wildman–Crippen LogP) is 5.76. The highest BCUT2D eigenvalue weighted by Gasteiger charge is 2.25. The first-order valence-corrected chi connectivity index (χ1v) is 11.9. The van der Waals surface area contributed by atoms with Crippen LogP contribution in [0, 0.1) is 6.92 Å². The molecule has 0 bridgehead atoms. The van der Waals surface area contributed by atoms with E-state index in [1.165, 1.54) is 33.3 Å². The van der Waals surface area contributed by atoms with Gasteiger partial charge in [-0.25, -0.2) is 0 Å². The Labute approximate surface area is 196 Å². The minimum absolute atomic E-state index is 0.0400. The van der Waals surface area contributed by atoms with Crippen molar-refractivity contribution < 1.29 is 9.53 Å². The zero-order valence-electron chi connectivity index (χ0n) is 19.5. The maximum absolute atomic E-state index is 12.7. The van der Waals surface area contributed by atoms with Crippen LogP contribution in [0.5, 0.6) is 0 Å². The number of carbonyl (C=O) groups is 1. The van der Waals surface area contributed by atoms with Crippen LogP contribution in [0.15, 0.2) is 42.5 Å². The molecule has 0 radical (unpaired) electrons. The summed E-state index contributed by atoms with van der Waals surface area (Å²) in [6.45, 7) is 8.71. The Morgan fingerprint density at radius 1 is 1.09 bits per heavy atom. The molecule has 0 spiro atoms. The van der Waals surface area contributed by atoms with Gasteiger partial charge in [0, 0.05) is 53.6 Å². The van der Waals surface area contributed by atoms with Crippen LogP contribution in [-0.4, -0.2) is 41.7 Å². The normalized spacial score (nSPS) is 15.6. The monoisotopic (exact) mass is 452 g/mol. The van der Waals surface area contributed by atoms with E-state index in [2.05, 4.69) is 59.8 Å². The number of hydrogen-bond donors (Lipinski definition) is 0. The maximum atomic E-state index is 12.7. The Balaban J connectivity index is 1.76. The number of hydrogen-bond acceptors (Lipinski definition) is 3. The number of aryl methyl sites for hydroxylation is 1. The van der Waals surface area contributed by atoms with Crippen molar-refractivity contribution in [1.82, 2.24) is 9.47 Å². The van der Waals surface area contributed by atoms with Gasteiger partial charge in [-0.15, -0.1) is 0 Å². The number of halogens is 1. The molecule has 4 rings (SSSR count). The van der Waals surface area contributed by atoms with Crippen molar-refractivity contribution in [2.75, 3.05) is 20.1 Å². The van der Waals surface area contributed by atoms with E-state index < -0.39 is 0 Å². The molecular weight excluding hydrogens is 420 g/mol. The highest BCUT2D eigenvalue weighted by Crippen LogP contribution is 2.34. The number of rotatable bonds is 6. The summed E-state index contributed by atoms with van der Waals surface area (Å²) in [7, 11) is 2.18. The highest BCUT2D eigenvalue weighted by atomic mass is 35.5. The molecule has 2 heterocycles. The van der Waals surface area contributed by atoms with Gasteiger partial charge in [-0.3, -0.25) is 4.79 Å². The second kappa shape index (κ2) is 9.68. The number of nitrogens with zero attached hydrogens (tertiary/aromatic N) is 2. The lowest BCUT2D eigenvalue weighted by molar-refractivity contribution is -0.147. The molecule has 1 unspecified atom stereocenters. The van der Waals surface area contributed by atoms with E-state index in [0.717, 1.165) is 37.5 Å². The molecule has 0 amide bonds. The van der Waals surface area contributed by atoms with Crippen molar-refractivity contribution in [3.63, 3.8) is 0 Å². The quantitative estimate of drug-likeness (QED) is 0.446. The van der Waals surface area contributed by atoms with Crippen LogP contribution in [-0.2, 0) is 28.9 Å². The number of benzene rings is 2. The minimum Gasteiger partial charge on any atom is -0.463 e. The fourth-order valence-electron chi connectivity index (χ4n) is 4.79. The zero-order valence-corrected chi connectivity index (χ0v) is 20.3. The number of esters is 1. The summed E-state index contributed by atoms with van der Waals surface area (Å²) in [5.41, 5.74) is 6.38. The van der Waals surface area contributed by atoms with Gasteiger partial charge in [0.15, 0.2) is 0 Å². The van der Waals surface area contributed by atoms with E-state index in [-0.39, 0.29) is 18.0 Å². The summed E-state index contributed by atoms with van der Waals surface area (Å²) in [4.78, 5) is 15.1. The average Bonchev–Trinajstić information content (AvgIpc) is 2.87. The van der Waals surface area contributed by atoms with E-state index in [9.17, 15) is 4.79 Å². The van der Waals surface area contributed by atoms with Crippen molar-refractivity contribution >= 4 is 28.5 Å². The third-order valence-electron chi connectivity index (χ3n) is 6.45. The summed E-state index contributed by atoms with van der Waals surface area (Å²) in [5, 5.41) is 2.01. The van der Waals surface area contributed by atoms with Crippen molar-refractivity contribution in [1.29, 1.82) is 0 Å². The van der Waals surface area contributed by atoms with Crippen molar-refractivity contribution in [2.45, 2.75) is 58.6 Å². The van der Waals surface area contributed by atoms with Crippen LogP contribution in [0.3, 0.4) is 0 Å².